The maximum absolute atomic E-state index is 11.6. The van der Waals surface area contributed by atoms with E-state index in [2.05, 4.69) is 17.6 Å². The van der Waals surface area contributed by atoms with E-state index in [1.165, 1.54) is 5.56 Å². The lowest BCUT2D eigenvalue weighted by atomic mass is 10.2. The third kappa shape index (κ3) is 2.21. The molecule has 1 aromatic heterocycles. The summed E-state index contributed by atoms with van der Waals surface area (Å²) >= 11 is 0. The van der Waals surface area contributed by atoms with E-state index in [9.17, 15) is 4.79 Å². The summed E-state index contributed by atoms with van der Waals surface area (Å²) < 4.78 is 2.01. The predicted octanol–water partition coefficient (Wildman–Crippen LogP) is 0.345. The van der Waals surface area contributed by atoms with Crippen molar-refractivity contribution in [3.8, 4) is 0 Å². The maximum Gasteiger partial charge on any atom is 0.239 e. The maximum atomic E-state index is 11.6. The Kier molecular flexibility index (Phi) is 2.77. The van der Waals surface area contributed by atoms with Crippen molar-refractivity contribution < 1.29 is 4.79 Å². The minimum atomic E-state index is 0.00945. The summed E-state index contributed by atoms with van der Waals surface area (Å²) in [5.74, 6) is 0.214. The second-order valence-corrected chi connectivity index (χ2v) is 4.17. The van der Waals surface area contributed by atoms with Crippen LogP contribution in [0.1, 0.15) is 12.0 Å². The number of nitrogens with one attached hydrogen (secondary N) is 1. The molecule has 1 saturated heterocycles. The van der Waals surface area contributed by atoms with Crippen molar-refractivity contribution in [3.63, 3.8) is 0 Å². The molecule has 4 nitrogen and oxygen atoms in total. The van der Waals surface area contributed by atoms with Crippen LogP contribution in [0, 0.1) is 0 Å². The van der Waals surface area contributed by atoms with Gasteiger partial charge in [-0.15, -0.1) is 0 Å². The highest BCUT2D eigenvalue weighted by molar-refractivity contribution is 5.83. The van der Waals surface area contributed by atoms with Gasteiger partial charge in [-0.1, -0.05) is 0 Å². The van der Waals surface area contributed by atoms with Crippen LogP contribution in [0.5, 0.6) is 0 Å². The third-order valence-electron chi connectivity index (χ3n) is 2.87. The van der Waals surface area contributed by atoms with E-state index in [0.717, 1.165) is 19.5 Å². The Balaban J connectivity index is 1.86. The molecule has 15 heavy (non-hydrogen) atoms. The molecule has 2 heterocycles. The highest BCUT2D eigenvalue weighted by Gasteiger charge is 2.28. The lowest BCUT2D eigenvalue weighted by molar-refractivity contribution is -0.128. The first-order valence-corrected chi connectivity index (χ1v) is 5.26. The SMILES string of the molecule is CN1CCC(NCc2ccn(C)c2)C1=O. The van der Waals surface area contributed by atoms with Crippen LogP contribution in [-0.2, 0) is 18.4 Å². The van der Waals surface area contributed by atoms with Crippen molar-refractivity contribution in [2.45, 2.75) is 19.0 Å². The van der Waals surface area contributed by atoms with Crippen molar-refractivity contribution in [1.82, 2.24) is 14.8 Å². The number of aromatic nitrogens is 1. The molecule has 0 aromatic carbocycles. The van der Waals surface area contributed by atoms with E-state index in [1.54, 1.807) is 4.90 Å². The van der Waals surface area contributed by atoms with E-state index in [1.807, 2.05) is 24.9 Å². The monoisotopic (exact) mass is 207 g/mol. The Morgan fingerprint density at radius 2 is 2.33 bits per heavy atom. The Morgan fingerprint density at radius 1 is 1.53 bits per heavy atom. The van der Waals surface area contributed by atoms with Crippen molar-refractivity contribution in [2.75, 3.05) is 13.6 Å². The van der Waals surface area contributed by atoms with Gasteiger partial charge in [-0.25, -0.2) is 0 Å². The number of hydrogen-bond acceptors (Lipinski definition) is 2. The highest BCUT2D eigenvalue weighted by Crippen LogP contribution is 2.09. The zero-order chi connectivity index (χ0) is 10.8. The fourth-order valence-electron chi connectivity index (χ4n) is 1.92. The molecule has 0 saturated carbocycles. The van der Waals surface area contributed by atoms with Crippen LogP contribution in [0.3, 0.4) is 0 Å². The number of likely N-dealkylation sites (tertiary alicyclic amines) is 1. The van der Waals surface area contributed by atoms with Crippen molar-refractivity contribution in [1.29, 1.82) is 0 Å². The standard InChI is InChI=1S/C11H17N3O/c1-13-5-3-9(8-13)7-12-10-4-6-14(2)11(10)15/h3,5,8,10,12H,4,6-7H2,1-2H3. The molecular formula is C11H17N3O. The normalized spacial score (nSPS) is 21.3. The summed E-state index contributed by atoms with van der Waals surface area (Å²) in [7, 11) is 3.85. The molecule has 1 amide bonds. The predicted molar refractivity (Wildman–Crippen MR) is 58.3 cm³/mol. The molecule has 1 aliphatic rings. The molecule has 1 N–H and O–H groups in total. The molecule has 1 fully saturated rings. The molecule has 82 valence electrons. The average molecular weight is 207 g/mol. The first-order chi connectivity index (χ1) is 7.16. The van der Waals surface area contributed by atoms with Crippen molar-refractivity contribution >= 4 is 5.91 Å². The third-order valence-corrected chi connectivity index (χ3v) is 2.87. The van der Waals surface area contributed by atoms with Crippen LogP contribution in [0.2, 0.25) is 0 Å². The number of rotatable bonds is 3. The van der Waals surface area contributed by atoms with Crippen LogP contribution in [0.15, 0.2) is 18.5 Å². The fraction of sp³-hybridized carbons (Fsp3) is 0.545. The van der Waals surface area contributed by atoms with Gasteiger partial charge in [0.2, 0.25) is 5.91 Å². The topological polar surface area (TPSA) is 37.3 Å². The quantitative estimate of drug-likeness (QED) is 0.776. The molecule has 0 spiro atoms. The molecule has 4 heteroatoms. The lowest BCUT2D eigenvalue weighted by Gasteiger charge is -2.11. The Labute approximate surface area is 89.9 Å². The van der Waals surface area contributed by atoms with E-state index in [-0.39, 0.29) is 11.9 Å². The number of nitrogens with zero attached hydrogens (tertiary/aromatic N) is 2. The molecule has 1 unspecified atom stereocenters. The molecule has 1 aliphatic heterocycles. The molecule has 1 aromatic rings. The molecule has 2 rings (SSSR count). The van der Waals surface area contributed by atoms with Crippen molar-refractivity contribution in [2.24, 2.45) is 7.05 Å². The molecule has 0 radical (unpaired) electrons. The van der Waals surface area contributed by atoms with Gasteiger partial charge in [0, 0.05) is 39.6 Å². The van der Waals surface area contributed by atoms with Gasteiger partial charge < -0.3 is 14.8 Å². The first-order valence-electron chi connectivity index (χ1n) is 5.26. The second kappa shape index (κ2) is 4.06. The Morgan fingerprint density at radius 3 is 2.87 bits per heavy atom. The van der Waals surface area contributed by atoms with Crippen LogP contribution in [0.4, 0.5) is 0 Å². The summed E-state index contributed by atoms with van der Waals surface area (Å²) in [6.45, 7) is 1.64. The minimum Gasteiger partial charge on any atom is -0.357 e. The van der Waals surface area contributed by atoms with E-state index >= 15 is 0 Å². The van der Waals surface area contributed by atoms with Crippen molar-refractivity contribution in [3.05, 3.63) is 24.0 Å². The molecule has 0 aliphatic carbocycles. The van der Waals surface area contributed by atoms with Gasteiger partial charge in [0.05, 0.1) is 6.04 Å². The Bertz CT molecular complexity index is 358. The van der Waals surface area contributed by atoms with E-state index < -0.39 is 0 Å². The van der Waals surface area contributed by atoms with Gasteiger partial charge in [0.1, 0.15) is 0 Å². The smallest absolute Gasteiger partial charge is 0.239 e. The van der Waals surface area contributed by atoms with Crippen LogP contribution in [0.25, 0.3) is 0 Å². The first kappa shape index (κ1) is 10.2. The lowest BCUT2D eigenvalue weighted by Crippen LogP contribution is -2.36. The minimum absolute atomic E-state index is 0.00945. The second-order valence-electron chi connectivity index (χ2n) is 4.17. The fourth-order valence-corrected chi connectivity index (χ4v) is 1.92. The number of carbonyl (C=O) groups excluding carboxylic acids is 1. The summed E-state index contributed by atoms with van der Waals surface area (Å²) in [6, 6.07) is 2.08. The number of aryl methyl sites for hydroxylation is 1. The van der Waals surface area contributed by atoms with Gasteiger partial charge in [0.25, 0.3) is 0 Å². The largest absolute Gasteiger partial charge is 0.357 e. The highest BCUT2D eigenvalue weighted by atomic mass is 16.2. The molecular weight excluding hydrogens is 190 g/mol. The number of hydrogen-bond donors (Lipinski definition) is 1. The van der Waals surface area contributed by atoms with Gasteiger partial charge in [0.15, 0.2) is 0 Å². The van der Waals surface area contributed by atoms with Gasteiger partial charge >= 0.3 is 0 Å². The molecule has 0 bridgehead atoms. The van der Waals surface area contributed by atoms with E-state index in [4.69, 9.17) is 0 Å². The summed E-state index contributed by atoms with van der Waals surface area (Å²) in [5.41, 5.74) is 1.22. The van der Waals surface area contributed by atoms with Gasteiger partial charge in [-0.05, 0) is 18.1 Å². The van der Waals surface area contributed by atoms with Crippen LogP contribution in [-0.4, -0.2) is 35.0 Å². The summed E-state index contributed by atoms with van der Waals surface area (Å²) in [4.78, 5) is 13.4. The van der Waals surface area contributed by atoms with E-state index in [0.29, 0.717) is 0 Å². The van der Waals surface area contributed by atoms with Gasteiger partial charge in [-0.2, -0.15) is 0 Å². The number of carbonyl (C=O) groups is 1. The Hall–Kier alpha value is -1.29. The summed E-state index contributed by atoms with van der Waals surface area (Å²) in [5, 5.41) is 3.29. The van der Waals surface area contributed by atoms with Crippen LogP contribution >= 0.6 is 0 Å². The average Bonchev–Trinajstić information content (AvgIpc) is 2.74. The summed E-state index contributed by atoms with van der Waals surface area (Å²) in [6.07, 6.45) is 5.00. The zero-order valence-corrected chi connectivity index (χ0v) is 9.23. The number of likely N-dealkylation sites (N-methyl/N-ethyl adjacent to an activating group) is 1. The number of amides is 1. The van der Waals surface area contributed by atoms with Gasteiger partial charge in [-0.3, -0.25) is 4.79 Å². The molecule has 1 atom stereocenters. The zero-order valence-electron chi connectivity index (χ0n) is 9.23. The van der Waals surface area contributed by atoms with Crippen LogP contribution < -0.4 is 5.32 Å².